The summed E-state index contributed by atoms with van der Waals surface area (Å²) in [6.45, 7) is 0.113. The van der Waals surface area contributed by atoms with Crippen molar-refractivity contribution in [3.8, 4) is 5.75 Å². The maximum Gasteiger partial charge on any atom is 0.300 e. The molecule has 100 valence electrons. The lowest BCUT2D eigenvalue weighted by molar-refractivity contribution is 0.0922. The number of rotatable bonds is 4. The van der Waals surface area contributed by atoms with Gasteiger partial charge in [-0.2, -0.15) is 0 Å². The van der Waals surface area contributed by atoms with Gasteiger partial charge in [-0.05, 0) is 46.3 Å². The zero-order valence-electron chi connectivity index (χ0n) is 9.65. The Labute approximate surface area is 116 Å². The quantitative estimate of drug-likeness (QED) is 0.513. The molecular formula is C12H10BrFN2O3. The van der Waals surface area contributed by atoms with Crippen LogP contribution in [0.3, 0.4) is 0 Å². The number of amides is 1. The molecule has 0 aliphatic heterocycles. The highest BCUT2D eigenvalue weighted by molar-refractivity contribution is 9.10. The lowest BCUT2D eigenvalue weighted by atomic mass is 10.3. The first-order valence-electron chi connectivity index (χ1n) is 5.27. The van der Waals surface area contributed by atoms with Crippen molar-refractivity contribution in [2.24, 2.45) is 5.84 Å². The minimum absolute atomic E-state index is 0.0965. The Morgan fingerprint density at radius 1 is 1.42 bits per heavy atom. The predicted octanol–water partition coefficient (Wildman–Crippen LogP) is 2.36. The topological polar surface area (TPSA) is 77.5 Å². The number of furan rings is 1. The molecule has 5 nitrogen and oxygen atoms in total. The summed E-state index contributed by atoms with van der Waals surface area (Å²) in [7, 11) is 0. The number of halogens is 2. The molecule has 1 heterocycles. The molecule has 0 unspecified atom stereocenters. The molecule has 0 radical (unpaired) electrons. The van der Waals surface area contributed by atoms with Gasteiger partial charge >= 0.3 is 5.91 Å². The van der Waals surface area contributed by atoms with E-state index in [4.69, 9.17) is 15.0 Å². The van der Waals surface area contributed by atoms with Gasteiger partial charge in [0.2, 0.25) is 0 Å². The highest BCUT2D eigenvalue weighted by Crippen LogP contribution is 2.26. The Hall–Kier alpha value is -1.86. The standard InChI is InChI=1S/C12H10BrFN2O3/c13-9-5-7(14)1-3-10(9)18-6-8-2-4-11(19-8)12(17)16-15/h1-5H,6,15H2,(H,16,17). The van der Waals surface area contributed by atoms with Crippen LogP contribution in [0.25, 0.3) is 0 Å². The molecule has 19 heavy (non-hydrogen) atoms. The monoisotopic (exact) mass is 328 g/mol. The molecule has 0 atom stereocenters. The lowest BCUT2D eigenvalue weighted by Crippen LogP contribution is -2.29. The first-order chi connectivity index (χ1) is 9.10. The summed E-state index contributed by atoms with van der Waals surface area (Å²) in [5.41, 5.74) is 1.96. The molecular weight excluding hydrogens is 319 g/mol. The summed E-state index contributed by atoms with van der Waals surface area (Å²) < 4.78 is 24.0. The van der Waals surface area contributed by atoms with E-state index in [0.717, 1.165) is 0 Å². The summed E-state index contributed by atoms with van der Waals surface area (Å²) >= 11 is 3.18. The summed E-state index contributed by atoms with van der Waals surface area (Å²) in [6.07, 6.45) is 0. The van der Waals surface area contributed by atoms with E-state index in [1.807, 2.05) is 5.43 Å². The molecule has 0 fully saturated rings. The number of benzene rings is 1. The largest absolute Gasteiger partial charge is 0.484 e. The molecule has 7 heteroatoms. The highest BCUT2D eigenvalue weighted by atomic mass is 79.9. The fourth-order valence-corrected chi connectivity index (χ4v) is 1.86. The second-order valence-corrected chi connectivity index (χ2v) is 4.46. The Kier molecular flexibility index (Phi) is 4.18. The van der Waals surface area contributed by atoms with E-state index in [1.54, 1.807) is 6.07 Å². The van der Waals surface area contributed by atoms with Gasteiger partial charge in [0.25, 0.3) is 0 Å². The van der Waals surface area contributed by atoms with E-state index in [2.05, 4.69) is 15.9 Å². The molecule has 3 N–H and O–H groups in total. The van der Waals surface area contributed by atoms with Crippen molar-refractivity contribution in [3.05, 3.63) is 52.1 Å². The predicted molar refractivity (Wildman–Crippen MR) is 68.8 cm³/mol. The Morgan fingerprint density at radius 2 is 2.21 bits per heavy atom. The second-order valence-electron chi connectivity index (χ2n) is 3.60. The number of carbonyl (C=O) groups excluding carboxylic acids is 1. The summed E-state index contributed by atoms with van der Waals surface area (Å²) in [5, 5.41) is 0. The van der Waals surface area contributed by atoms with Crippen molar-refractivity contribution < 1.29 is 18.3 Å². The van der Waals surface area contributed by atoms with E-state index in [1.165, 1.54) is 24.3 Å². The molecule has 0 aliphatic carbocycles. The zero-order valence-corrected chi connectivity index (χ0v) is 11.2. The van der Waals surface area contributed by atoms with E-state index < -0.39 is 5.91 Å². The molecule has 2 rings (SSSR count). The van der Waals surface area contributed by atoms with Crippen LogP contribution in [0.5, 0.6) is 5.75 Å². The number of hydrogen-bond acceptors (Lipinski definition) is 4. The van der Waals surface area contributed by atoms with Crippen LogP contribution in [0, 0.1) is 5.82 Å². The number of ether oxygens (including phenoxy) is 1. The molecule has 0 aliphatic rings. The highest BCUT2D eigenvalue weighted by Gasteiger charge is 2.10. The van der Waals surface area contributed by atoms with Gasteiger partial charge in [0, 0.05) is 0 Å². The van der Waals surface area contributed by atoms with Crippen molar-refractivity contribution in [1.29, 1.82) is 0 Å². The SMILES string of the molecule is NNC(=O)c1ccc(COc2ccc(F)cc2Br)o1. The molecule has 1 aromatic carbocycles. The fourth-order valence-electron chi connectivity index (χ4n) is 1.39. The molecule has 1 aromatic heterocycles. The number of nitrogens with one attached hydrogen (secondary N) is 1. The third-order valence-electron chi connectivity index (χ3n) is 2.28. The molecule has 0 saturated heterocycles. The van der Waals surface area contributed by atoms with Crippen LogP contribution >= 0.6 is 15.9 Å². The van der Waals surface area contributed by atoms with Crippen molar-refractivity contribution in [3.63, 3.8) is 0 Å². The Morgan fingerprint density at radius 3 is 2.89 bits per heavy atom. The third kappa shape index (κ3) is 3.33. The van der Waals surface area contributed by atoms with E-state index >= 15 is 0 Å². The minimum Gasteiger partial charge on any atom is -0.484 e. The lowest BCUT2D eigenvalue weighted by Gasteiger charge is -2.06. The maximum atomic E-state index is 12.9. The first-order valence-corrected chi connectivity index (χ1v) is 6.07. The van der Waals surface area contributed by atoms with E-state index in [-0.39, 0.29) is 18.2 Å². The minimum atomic E-state index is -0.519. The number of hydrogen-bond donors (Lipinski definition) is 2. The molecule has 1 amide bonds. The third-order valence-corrected chi connectivity index (χ3v) is 2.90. The average Bonchev–Trinajstić information content (AvgIpc) is 2.85. The molecule has 2 aromatic rings. The van der Waals surface area contributed by atoms with Gasteiger partial charge in [-0.25, -0.2) is 10.2 Å². The van der Waals surface area contributed by atoms with Gasteiger partial charge in [-0.3, -0.25) is 10.2 Å². The maximum absolute atomic E-state index is 12.9. The van der Waals surface area contributed by atoms with Gasteiger partial charge < -0.3 is 9.15 Å². The number of hydrazine groups is 1. The fraction of sp³-hybridized carbons (Fsp3) is 0.0833. The molecule has 0 spiro atoms. The Bertz CT molecular complexity index is 600. The van der Waals surface area contributed by atoms with Crippen LogP contribution in [-0.4, -0.2) is 5.91 Å². The van der Waals surface area contributed by atoms with Crippen LogP contribution in [0.4, 0.5) is 4.39 Å². The molecule has 0 saturated carbocycles. The van der Waals surface area contributed by atoms with Gasteiger partial charge in [0.05, 0.1) is 4.47 Å². The van der Waals surface area contributed by atoms with E-state index in [0.29, 0.717) is 16.0 Å². The van der Waals surface area contributed by atoms with Crippen LogP contribution in [0.15, 0.2) is 39.2 Å². The van der Waals surface area contributed by atoms with Gasteiger partial charge in [0.1, 0.15) is 23.9 Å². The van der Waals surface area contributed by atoms with E-state index in [9.17, 15) is 9.18 Å². The zero-order chi connectivity index (χ0) is 13.8. The summed E-state index contributed by atoms with van der Waals surface area (Å²) in [5.74, 6) is 5.12. The van der Waals surface area contributed by atoms with Crippen LogP contribution in [-0.2, 0) is 6.61 Å². The first kappa shape index (κ1) is 13.6. The Balaban J connectivity index is 2.02. The number of nitrogen functional groups attached to an aromatic ring is 1. The van der Waals surface area contributed by atoms with Crippen molar-refractivity contribution in [1.82, 2.24) is 5.43 Å². The van der Waals surface area contributed by atoms with Gasteiger partial charge in [-0.15, -0.1) is 0 Å². The smallest absolute Gasteiger partial charge is 0.300 e. The van der Waals surface area contributed by atoms with Crippen molar-refractivity contribution >= 4 is 21.8 Å². The van der Waals surface area contributed by atoms with Crippen molar-refractivity contribution in [2.75, 3.05) is 0 Å². The van der Waals surface area contributed by atoms with Crippen LogP contribution in [0.1, 0.15) is 16.3 Å². The number of carbonyl (C=O) groups is 1. The second kappa shape index (κ2) is 5.85. The summed E-state index contributed by atoms with van der Waals surface area (Å²) in [4.78, 5) is 11.2. The van der Waals surface area contributed by atoms with Gasteiger partial charge in [-0.1, -0.05) is 0 Å². The van der Waals surface area contributed by atoms with Crippen molar-refractivity contribution in [2.45, 2.75) is 6.61 Å². The van der Waals surface area contributed by atoms with Crippen LogP contribution < -0.4 is 16.0 Å². The molecule has 0 bridgehead atoms. The normalized spacial score (nSPS) is 10.3. The summed E-state index contributed by atoms with van der Waals surface area (Å²) in [6, 6.07) is 7.17. The average molecular weight is 329 g/mol. The van der Waals surface area contributed by atoms with Crippen LogP contribution in [0.2, 0.25) is 0 Å². The number of nitrogens with two attached hydrogens (primary N) is 1. The van der Waals surface area contributed by atoms with Gasteiger partial charge in [0.15, 0.2) is 5.76 Å².